The number of carbonyl (C=O) groups excluding carboxylic acids is 1. The van der Waals surface area contributed by atoms with Gasteiger partial charge in [-0.1, -0.05) is 0 Å². The van der Waals surface area contributed by atoms with Crippen molar-refractivity contribution in [3.8, 4) is 0 Å². The van der Waals surface area contributed by atoms with Crippen molar-refractivity contribution in [1.29, 1.82) is 0 Å². The van der Waals surface area contributed by atoms with Gasteiger partial charge in [0.2, 0.25) is 10.0 Å². The Labute approximate surface area is 194 Å². The summed E-state index contributed by atoms with van der Waals surface area (Å²) in [4.78, 5) is 18.6. The molecule has 0 aliphatic carbocycles. The van der Waals surface area contributed by atoms with Crippen LogP contribution in [0.15, 0.2) is 52.7 Å². The number of halogens is 2. The van der Waals surface area contributed by atoms with Crippen LogP contribution < -0.4 is 4.90 Å². The van der Waals surface area contributed by atoms with Gasteiger partial charge in [0, 0.05) is 29.7 Å². The number of carbonyl (C=O) groups is 1. The number of aryl methyl sites for hydroxylation is 1. The normalized spacial score (nSPS) is 14.9. The molecule has 0 N–H and O–H groups in total. The average molecular weight is 494 g/mol. The molecule has 1 amide bonds. The number of amides is 1. The minimum absolute atomic E-state index is 0.0143. The first kappa shape index (κ1) is 23.4. The van der Waals surface area contributed by atoms with Crippen LogP contribution in [0.25, 0.3) is 0 Å². The Balaban J connectivity index is 1.71. The molecule has 1 aromatic heterocycles. The third-order valence-electron chi connectivity index (χ3n) is 5.14. The summed E-state index contributed by atoms with van der Waals surface area (Å²) in [6, 6.07) is 8.59. The number of benzene rings is 2. The quantitative estimate of drug-likeness (QED) is 0.524. The highest BCUT2D eigenvalue weighted by Gasteiger charge is 2.30. The van der Waals surface area contributed by atoms with Gasteiger partial charge in [-0.25, -0.2) is 22.2 Å². The molecule has 2 aromatic carbocycles. The van der Waals surface area contributed by atoms with Crippen LogP contribution in [0.3, 0.4) is 0 Å². The van der Waals surface area contributed by atoms with E-state index in [9.17, 15) is 22.0 Å². The lowest BCUT2D eigenvalue weighted by Gasteiger charge is -2.26. The first-order valence-corrected chi connectivity index (χ1v) is 12.4. The minimum atomic E-state index is -4.15. The van der Waals surface area contributed by atoms with Crippen molar-refractivity contribution in [3.63, 3.8) is 0 Å². The summed E-state index contributed by atoms with van der Waals surface area (Å²) in [7, 11) is -4.15. The molecular formula is C22H21F2N3O4S2. The van der Waals surface area contributed by atoms with E-state index in [1.54, 1.807) is 5.38 Å². The van der Waals surface area contributed by atoms with E-state index in [-0.39, 0.29) is 38.4 Å². The Morgan fingerprint density at radius 1 is 1.15 bits per heavy atom. The maximum atomic E-state index is 14.6. The lowest BCUT2D eigenvalue weighted by molar-refractivity contribution is 0.0729. The van der Waals surface area contributed by atoms with Gasteiger partial charge in [0.05, 0.1) is 30.5 Å². The lowest BCUT2D eigenvalue weighted by atomic mass is 10.1. The average Bonchev–Trinajstić information content (AvgIpc) is 3.23. The van der Waals surface area contributed by atoms with Crippen LogP contribution in [0.5, 0.6) is 0 Å². The van der Waals surface area contributed by atoms with Gasteiger partial charge in [-0.3, -0.25) is 4.79 Å². The van der Waals surface area contributed by atoms with Crippen molar-refractivity contribution >= 4 is 33.0 Å². The Morgan fingerprint density at radius 2 is 1.85 bits per heavy atom. The molecule has 2 heterocycles. The fraction of sp³-hybridized carbons (Fsp3) is 0.273. The van der Waals surface area contributed by atoms with Gasteiger partial charge in [0.1, 0.15) is 16.5 Å². The zero-order valence-electron chi connectivity index (χ0n) is 17.7. The molecule has 3 aromatic rings. The van der Waals surface area contributed by atoms with Crippen molar-refractivity contribution < 1.29 is 26.7 Å². The summed E-state index contributed by atoms with van der Waals surface area (Å²) < 4.78 is 60.4. The maximum Gasteiger partial charge on any atom is 0.258 e. The summed E-state index contributed by atoms with van der Waals surface area (Å²) in [6.45, 7) is 2.55. The van der Waals surface area contributed by atoms with E-state index in [2.05, 4.69) is 4.98 Å². The molecule has 7 nitrogen and oxygen atoms in total. The monoisotopic (exact) mass is 493 g/mol. The van der Waals surface area contributed by atoms with E-state index in [1.165, 1.54) is 46.6 Å². The summed E-state index contributed by atoms with van der Waals surface area (Å²) in [6.07, 6.45) is 0. The summed E-state index contributed by atoms with van der Waals surface area (Å²) in [5, 5.41) is 2.62. The number of sulfonamides is 1. The van der Waals surface area contributed by atoms with Crippen LogP contribution in [-0.4, -0.2) is 49.9 Å². The van der Waals surface area contributed by atoms with E-state index in [0.717, 1.165) is 21.4 Å². The van der Waals surface area contributed by atoms with Crippen molar-refractivity contribution in [2.75, 3.05) is 31.2 Å². The molecule has 0 unspecified atom stereocenters. The molecule has 1 saturated heterocycles. The second-order valence-electron chi connectivity index (χ2n) is 7.39. The van der Waals surface area contributed by atoms with E-state index in [1.807, 2.05) is 6.92 Å². The third-order valence-corrected chi connectivity index (χ3v) is 7.87. The van der Waals surface area contributed by atoms with E-state index >= 15 is 0 Å². The fourth-order valence-electron chi connectivity index (χ4n) is 3.46. The zero-order chi connectivity index (χ0) is 23.6. The number of ether oxygens (including phenoxy) is 1. The van der Waals surface area contributed by atoms with Crippen molar-refractivity contribution in [2.24, 2.45) is 0 Å². The number of morpholine rings is 1. The molecular weight excluding hydrogens is 472 g/mol. The van der Waals surface area contributed by atoms with Crippen LogP contribution in [-0.2, 0) is 21.3 Å². The van der Waals surface area contributed by atoms with E-state index < -0.39 is 32.5 Å². The zero-order valence-corrected chi connectivity index (χ0v) is 19.3. The molecule has 0 radical (unpaired) electrons. The number of nitrogens with zero attached hydrogens (tertiary/aromatic N) is 3. The standard InChI is InChI=1S/C22H21F2N3O4S2/c1-15-25-18(14-32-15)13-27(19-5-3-17(23)4-6-19)22(28)16-2-7-20(24)21(12-16)33(29,30)26-8-10-31-11-9-26/h2-7,12,14H,8-11,13H2,1H3. The molecule has 11 heteroatoms. The van der Waals surface area contributed by atoms with Crippen LogP contribution in [0.4, 0.5) is 14.5 Å². The molecule has 0 saturated carbocycles. The molecule has 33 heavy (non-hydrogen) atoms. The molecule has 0 atom stereocenters. The largest absolute Gasteiger partial charge is 0.379 e. The highest BCUT2D eigenvalue weighted by Crippen LogP contribution is 2.26. The molecule has 4 rings (SSSR count). The van der Waals surface area contributed by atoms with E-state index in [4.69, 9.17) is 4.74 Å². The molecule has 1 aliphatic rings. The van der Waals surface area contributed by atoms with Gasteiger partial charge in [0.15, 0.2) is 0 Å². The Morgan fingerprint density at radius 3 is 2.48 bits per heavy atom. The maximum absolute atomic E-state index is 14.6. The Hall–Kier alpha value is -2.73. The molecule has 0 bridgehead atoms. The molecule has 174 valence electrons. The number of hydrogen-bond donors (Lipinski definition) is 0. The summed E-state index contributed by atoms with van der Waals surface area (Å²) in [5.74, 6) is -1.97. The number of aromatic nitrogens is 1. The first-order valence-electron chi connectivity index (χ1n) is 10.1. The summed E-state index contributed by atoms with van der Waals surface area (Å²) >= 11 is 1.42. The molecule has 1 fully saturated rings. The SMILES string of the molecule is Cc1nc(CN(C(=O)c2ccc(F)c(S(=O)(=O)N3CCOCC3)c2)c2ccc(F)cc2)cs1. The van der Waals surface area contributed by atoms with Gasteiger partial charge in [-0.15, -0.1) is 11.3 Å². The van der Waals surface area contributed by atoms with Crippen LogP contribution in [0, 0.1) is 18.6 Å². The predicted octanol–water partition coefficient (Wildman–Crippen LogP) is 3.60. The van der Waals surface area contributed by atoms with Crippen molar-refractivity contribution in [3.05, 3.63) is 75.7 Å². The van der Waals surface area contributed by atoms with Crippen molar-refractivity contribution in [1.82, 2.24) is 9.29 Å². The predicted molar refractivity (Wildman–Crippen MR) is 120 cm³/mol. The third kappa shape index (κ3) is 5.11. The topological polar surface area (TPSA) is 79.8 Å². The number of thiazole rings is 1. The van der Waals surface area contributed by atoms with Gasteiger partial charge in [-0.05, 0) is 49.4 Å². The second kappa shape index (κ2) is 9.64. The van der Waals surface area contributed by atoms with Gasteiger partial charge in [0.25, 0.3) is 5.91 Å². The lowest BCUT2D eigenvalue weighted by Crippen LogP contribution is -2.41. The van der Waals surface area contributed by atoms with Gasteiger partial charge >= 0.3 is 0 Å². The number of anilines is 1. The van der Waals surface area contributed by atoms with Gasteiger partial charge in [-0.2, -0.15) is 4.31 Å². The number of rotatable bonds is 6. The van der Waals surface area contributed by atoms with Crippen molar-refractivity contribution in [2.45, 2.75) is 18.4 Å². The minimum Gasteiger partial charge on any atom is -0.379 e. The smallest absolute Gasteiger partial charge is 0.258 e. The van der Waals surface area contributed by atoms with Crippen LogP contribution >= 0.6 is 11.3 Å². The van der Waals surface area contributed by atoms with Crippen LogP contribution in [0.2, 0.25) is 0 Å². The van der Waals surface area contributed by atoms with Gasteiger partial charge < -0.3 is 9.64 Å². The molecule has 1 aliphatic heterocycles. The Kier molecular flexibility index (Phi) is 6.84. The second-order valence-corrected chi connectivity index (χ2v) is 10.4. The first-order chi connectivity index (χ1) is 15.8. The van der Waals surface area contributed by atoms with Crippen LogP contribution in [0.1, 0.15) is 21.1 Å². The number of hydrogen-bond acceptors (Lipinski definition) is 6. The molecule has 0 spiro atoms. The highest BCUT2D eigenvalue weighted by molar-refractivity contribution is 7.89. The van der Waals surface area contributed by atoms with E-state index in [0.29, 0.717) is 11.4 Å². The fourth-order valence-corrected chi connectivity index (χ4v) is 5.56. The summed E-state index contributed by atoms with van der Waals surface area (Å²) in [5.41, 5.74) is 1.01. The highest BCUT2D eigenvalue weighted by atomic mass is 32.2. The Bertz CT molecular complexity index is 1260.